The zero-order chi connectivity index (χ0) is 19.5. The number of carbonyl (C=O) groups is 1. The van der Waals surface area contributed by atoms with Gasteiger partial charge in [0.1, 0.15) is 5.78 Å². The van der Waals surface area contributed by atoms with E-state index in [1.807, 2.05) is 0 Å². The summed E-state index contributed by atoms with van der Waals surface area (Å²) >= 11 is 0. The van der Waals surface area contributed by atoms with Gasteiger partial charge in [-0.15, -0.1) is 0 Å². The zero-order valence-electron chi connectivity index (χ0n) is 17.9. The fraction of sp³-hybridized carbons (Fsp3) is 0.720. The van der Waals surface area contributed by atoms with Crippen LogP contribution in [0, 0.1) is 5.92 Å². The molecule has 0 N–H and O–H groups in total. The van der Waals surface area contributed by atoms with Gasteiger partial charge in [-0.2, -0.15) is 0 Å². The Morgan fingerprint density at radius 3 is 2.50 bits per heavy atom. The summed E-state index contributed by atoms with van der Waals surface area (Å²) in [6, 6.07) is 10.2. The number of benzene rings is 1. The number of hydrogen-bond acceptors (Lipinski definition) is 3. The van der Waals surface area contributed by atoms with Crippen LogP contribution >= 0.6 is 0 Å². The predicted octanol–water partition coefficient (Wildman–Crippen LogP) is 5.39. The quantitative estimate of drug-likeness (QED) is 0.535. The number of para-hydroxylation sites is 1. The van der Waals surface area contributed by atoms with Crippen LogP contribution in [-0.2, 0) is 4.79 Å². The maximum absolute atomic E-state index is 12.1. The van der Waals surface area contributed by atoms with Crippen LogP contribution in [0.1, 0.15) is 83.1 Å². The van der Waals surface area contributed by atoms with Gasteiger partial charge in [-0.1, -0.05) is 50.8 Å². The Morgan fingerprint density at radius 1 is 1.04 bits per heavy atom. The Morgan fingerprint density at radius 2 is 1.79 bits per heavy atom. The fourth-order valence-corrected chi connectivity index (χ4v) is 6.16. The molecule has 0 radical (unpaired) electrons. The molecule has 3 heterocycles. The molecule has 4 atom stereocenters. The van der Waals surface area contributed by atoms with E-state index in [0.29, 0.717) is 5.78 Å². The number of anilines is 1. The number of ketones is 1. The highest BCUT2D eigenvalue weighted by Gasteiger charge is 2.40. The molecular formula is C25H38N2O. The third kappa shape index (κ3) is 4.15. The van der Waals surface area contributed by atoms with Crippen molar-refractivity contribution in [1.82, 2.24) is 4.90 Å². The SMILES string of the molecule is CCCCCC1C[C@H]2CC[C@@H](C1)N2CCCN1CC(C(C)=O)c2ccccc21. The summed E-state index contributed by atoms with van der Waals surface area (Å²) in [5, 5.41) is 0. The largest absolute Gasteiger partial charge is 0.370 e. The first-order valence-electron chi connectivity index (χ1n) is 11.8. The molecule has 2 unspecified atom stereocenters. The third-order valence-corrected chi connectivity index (χ3v) is 7.59. The second-order valence-corrected chi connectivity index (χ2v) is 9.48. The van der Waals surface area contributed by atoms with Crippen LogP contribution in [0.15, 0.2) is 24.3 Å². The first kappa shape index (κ1) is 19.9. The standard InChI is InChI=1S/C25H38N2O/c1-3-4-5-9-20-16-21-12-13-22(17-20)27(21)15-8-14-26-18-24(19(2)28)23-10-6-7-11-25(23)26/h6-7,10-11,20-22,24H,3-5,8-9,12-18H2,1-2H3/t20?,21-,22+,24?. The van der Waals surface area contributed by atoms with E-state index in [9.17, 15) is 4.79 Å². The van der Waals surface area contributed by atoms with E-state index < -0.39 is 0 Å². The van der Waals surface area contributed by atoms with Crippen molar-refractivity contribution < 1.29 is 4.79 Å². The molecule has 4 rings (SSSR count). The minimum absolute atomic E-state index is 0.0752. The molecule has 1 aromatic rings. The number of piperidine rings is 1. The number of hydrogen-bond donors (Lipinski definition) is 0. The fourth-order valence-electron chi connectivity index (χ4n) is 6.16. The number of unbranched alkanes of at least 4 members (excludes halogenated alkanes) is 2. The molecular weight excluding hydrogens is 344 g/mol. The average molecular weight is 383 g/mol. The van der Waals surface area contributed by atoms with Gasteiger partial charge in [-0.25, -0.2) is 0 Å². The van der Waals surface area contributed by atoms with Crippen molar-refractivity contribution >= 4 is 11.5 Å². The van der Waals surface area contributed by atoms with Crippen LogP contribution in [0.4, 0.5) is 5.69 Å². The van der Waals surface area contributed by atoms with E-state index in [0.717, 1.165) is 31.1 Å². The van der Waals surface area contributed by atoms with Crippen LogP contribution in [0.2, 0.25) is 0 Å². The molecule has 0 aliphatic carbocycles. The highest BCUT2D eigenvalue weighted by molar-refractivity contribution is 5.88. The van der Waals surface area contributed by atoms with Gasteiger partial charge in [-0.05, 0) is 56.6 Å². The Bertz CT molecular complexity index is 658. The number of Topliss-reactive ketones (excluding diaryl/α,β-unsaturated/α-hetero) is 1. The summed E-state index contributed by atoms with van der Waals surface area (Å²) < 4.78 is 0. The van der Waals surface area contributed by atoms with E-state index >= 15 is 0 Å². The monoisotopic (exact) mass is 382 g/mol. The Hall–Kier alpha value is -1.35. The molecule has 0 spiro atoms. The van der Waals surface area contributed by atoms with Crippen LogP contribution < -0.4 is 4.90 Å². The lowest BCUT2D eigenvalue weighted by Gasteiger charge is -2.39. The second-order valence-electron chi connectivity index (χ2n) is 9.48. The molecule has 3 aliphatic rings. The van der Waals surface area contributed by atoms with Gasteiger partial charge >= 0.3 is 0 Å². The average Bonchev–Trinajstić information content (AvgIpc) is 3.17. The Balaban J connectivity index is 1.28. The van der Waals surface area contributed by atoms with Gasteiger partial charge in [-0.3, -0.25) is 9.69 Å². The van der Waals surface area contributed by atoms with Gasteiger partial charge < -0.3 is 4.90 Å². The highest BCUT2D eigenvalue weighted by Crippen LogP contribution is 2.41. The Kier molecular flexibility index (Phi) is 6.40. The van der Waals surface area contributed by atoms with Crippen molar-refractivity contribution in [3.8, 4) is 0 Å². The molecule has 2 bridgehead atoms. The zero-order valence-corrected chi connectivity index (χ0v) is 17.9. The smallest absolute Gasteiger partial charge is 0.139 e. The van der Waals surface area contributed by atoms with E-state index in [2.05, 4.69) is 41.0 Å². The molecule has 1 aromatic carbocycles. The Labute approximate surface area is 171 Å². The van der Waals surface area contributed by atoms with E-state index in [1.165, 1.54) is 75.6 Å². The van der Waals surface area contributed by atoms with Crippen molar-refractivity contribution in [2.45, 2.75) is 89.6 Å². The number of nitrogens with zero attached hydrogens (tertiary/aromatic N) is 2. The molecule has 3 aliphatic heterocycles. The van der Waals surface area contributed by atoms with Crippen LogP contribution in [0.3, 0.4) is 0 Å². The first-order chi connectivity index (χ1) is 13.7. The summed E-state index contributed by atoms with van der Waals surface area (Å²) in [5.41, 5.74) is 2.53. The maximum atomic E-state index is 12.1. The molecule has 3 nitrogen and oxygen atoms in total. The molecule has 0 saturated carbocycles. The molecule has 0 amide bonds. The van der Waals surface area contributed by atoms with Crippen molar-refractivity contribution in [3.05, 3.63) is 29.8 Å². The minimum Gasteiger partial charge on any atom is -0.370 e. The van der Waals surface area contributed by atoms with Gasteiger partial charge in [0.15, 0.2) is 0 Å². The lowest BCUT2D eigenvalue weighted by Crippen LogP contribution is -2.44. The van der Waals surface area contributed by atoms with E-state index in [1.54, 1.807) is 6.92 Å². The summed E-state index contributed by atoms with van der Waals surface area (Å²) in [4.78, 5) is 17.4. The van der Waals surface area contributed by atoms with Crippen molar-refractivity contribution in [2.24, 2.45) is 5.92 Å². The topological polar surface area (TPSA) is 23.6 Å². The molecule has 154 valence electrons. The van der Waals surface area contributed by atoms with Gasteiger partial charge in [0.2, 0.25) is 0 Å². The van der Waals surface area contributed by atoms with Crippen LogP contribution in [0.25, 0.3) is 0 Å². The first-order valence-corrected chi connectivity index (χ1v) is 11.8. The number of fused-ring (bicyclic) bond motifs is 3. The van der Waals surface area contributed by atoms with Crippen LogP contribution in [0.5, 0.6) is 0 Å². The van der Waals surface area contributed by atoms with Crippen molar-refractivity contribution in [1.29, 1.82) is 0 Å². The van der Waals surface area contributed by atoms with Gasteiger partial charge in [0, 0.05) is 37.4 Å². The third-order valence-electron chi connectivity index (χ3n) is 7.59. The molecule has 3 heteroatoms. The van der Waals surface area contributed by atoms with Gasteiger partial charge in [0.05, 0.1) is 5.92 Å². The lowest BCUT2D eigenvalue weighted by molar-refractivity contribution is -0.118. The minimum atomic E-state index is 0.0752. The van der Waals surface area contributed by atoms with Crippen molar-refractivity contribution in [2.75, 3.05) is 24.5 Å². The number of rotatable bonds is 9. The van der Waals surface area contributed by atoms with Crippen molar-refractivity contribution in [3.63, 3.8) is 0 Å². The van der Waals surface area contributed by atoms with E-state index in [4.69, 9.17) is 0 Å². The lowest BCUT2D eigenvalue weighted by atomic mass is 9.86. The normalized spacial score (nSPS) is 29.3. The summed E-state index contributed by atoms with van der Waals surface area (Å²) in [7, 11) is 0. The van der Waals surface area contributed by atoms with E-state index in [-0.39, 0.29) is 5.92 Å². The molecule has 0 aromatic heterocycles. The summed E-state index contributed by atoms with van der Waals surface area (Å²) in [5.74, 6) is 1.37. The maximum Gasteiger partial charge on any atom is 0.139 e. The second kappa shape index (κ2) is 8.98. The highest BCUT2D eigenvalue weighted by atomic mass is 16.1. The van der Waals surface area contributed by atoms with Crippen LogP contribution in [-0.4, -0.2) is 42.4 Å². The molecule has 28 heavy (non-hydrogen) atoms. The molecule has 2 saturated heterocycles. The summed E-state index contributed by atoms with van der Waals surface area (Å²) in [6.45, 7) is 7.25. The van der Waals surface area contributed by atoms with Gasteiger partial charge in [0.25, 0.3) is 0 Å². The predicted molar refractivity (Wildman–Crippen MR) is 117 cm³/mol. The summed E-state index contributed by atoms with van der Waals surface area (Å²) in [6.07, 6.45) is 12.6. The number of carbonyl (C=O) groups excluding carboxylic acids is 1. The molecule has 2 fully saturated rings.